The lowest BCUT2D eigenvalue weighted by atomic mass is 9.71. The third kappa shape index (κ3) is 2.56. The first kappa shape index (κ1) is 16.1. The van der Waals surface area contributed by atoms with Crippen molar-refractivity contribution in [3.05, 3.63) is 35.0 Å². The Hall–Kier alpha value is -1.77. The van der Waals surface area contributed by atoms with Crippen LogP contribution in [-0.2, 0) is 12.8 Å². The van der Waals surface area contributed by atoms with E-state index in [0.717, 1.165) is 23.7 Å². The van der Waals surface area contributed by atoms with E-state index < -0.39 is 5.97 Å². The van der Waals surface area contributed by atoms with E-state index in [1.807, 2.05) is 6.07 Å². The Balaban J connectivity index is 2.28. The van der Waals surface area contributed by atoms with E-state index in [1.54, 1.807) is 6.07 Å². The molecule has 1 heterocycles. The fourth-order valence-electron chi connectivity index (χ4n) is 4.12. The number of hydrogen-bond donors (Lipinski definition) is 1. The molecule has 1 aliphatic rings. The third-order valence-electron chi connectivity index (χ3n) is 5.39. The van der Waals surface area contributed by atoms with E-state index in [-0.39, 0.29) is 11.5 Å². The molecule has 3 rings (SSSR count). The zero-order valence-corrected chi connectivity index (χ0v) is 14.8. The molecule has 3 heteroatoms. The van der Waals surface area contributed by atoms with Gasteiger partial charge in [0.15, 0.2) is 0 Å². The molecule has 0 radical (unpaired) electrons. The Morgan fingerprint density at radius 3 is 2.57 bits per heavy atom. The second-order valence-electron chi connectivity index (χ2n) is 8.20. The van der Waals surface area contributed by atoms with Crippen LogP contribution in [0.4, 0.5) is 0 Å². The number of rotatable bonds is 2. The van der Waals surface area contributed by atoms with Gasteiger partial charge in [-0.15, -0.1) is 0 Å². The van der Waals surface area contributed by atoms with Gasteiger partial charge < -0.3 is 9.67 Å². The molecule has 23 heavy (non-hydrogen) atoms. The number of benzene rings is 1. The molecule has 1 aromatic heterocycles. The first-order valence-electron chi connectivity index (χ1n) is 8.59. The minimum Gasteiger partial charge on any atom is -0.478 e. The van der Waals surface area contributed by atoms with Gasteiger partial charge in [0.05, 0.1) is 11.1 Å². The predicted molar refractivity (Wildman–Crippen MR) is 94.3 cm³/mol. The second kappa shape index (κ2) is 5.40. The van der Waals surface area contributed by atoms with Gasteiger partial charge in [0.1, 0.15) is 0 Å². The highest BCUT2D eigenvalue weighted by Gasteiger charge is 2.33. The summed E-state index contributed by atoms with van der Waals surface area (Å²) in [7, 11) is 0. The summed E-state index contributed by atoms with van der Waals surface area (Å²) in [5.74, 6) is -0.186. The van der Waals surface area contributed by atoms with Crippen molar-refractivity contribution in [2.75, 3.05) is 0 Å². The molecule has 0 bridgehead atoms. The lowest BCUT2D eigenvalue weighted by molar-refractivity contribution is 0.0698. The summed E-state index contributed by atoms with van der Waals surface area (Å²) in [5.41, 5.74) is 4.36. The first-order chi connectivity index (χ1) is 10.7. The summed E-state index contributed by atoms with van der Waals surface area (Å²) >= 11 is 0. The molecule has 1 atom stereocenters. The van der Waals surface area contributed by atoms with Crippen LogP contribution in [0.15, 0.2) is 18.2 Å². The van der Waals surface area contributed by atoms with Gasteiger partial charge in [-0.2, -0.15) is 0 Å². The summed E-state index contributed by atoms with van der Waals surface area (Å²) in [6, 6.07) is 5.99. The van der Waals surface area contributed by atoms with Crippen LogP contribution in [0.2, 0.25) is 0 Å². The standard InChI is InChI=1S/C20H27NO2/c1-12(2)21-17-10-9-13(20(3,4)5)11-16(17)14-7-6-8-15(18(14)21)19(22)23/h6-8,12-13H,9-11H2,1-5H3,(H,22,23). The number of fused-ring (bicyclic) bond motifs is 3. The van der Waals surface area contributed by atoms with Crippen molar-refractivity contribution in [3.63, 3.8) is 0 Å². The normalized spacial score (nSPS) is 18.4. The van der Waals surface area contributed by atoms with Crippen LogP contribution in [0.3, 0.4) is 0 Å². The SMILES string of the molecule is CC(C)n1c2c(c3cccc(C(=O)O)c31)CC(C(C)(C)C)CC2. The molecule has 1 N–H and O–H groups in total. The smallest absolute Gasteiger partial charge is 0.337 e. The van der Waals surface area contributed by atoms with Gasteiger partial charge in [0.25, 0.3) is 0 Å². The summed E-state index contributed by atoms with van der Waals surface area (Å²) in [4.78, 5) is 11.7. The number of nitrogens with zero attached hydrogens (tertiary/aromatic N) is 1. The lowest BCUT2D eigenvalue weighted by Gasteiger charge is -2.34. The third-order valence-corrected chi connectivity index (χ3v) is 5.39. The first-order valence-corrected chi connectivity index (χ1v) is 8.59. The van der Waals surface area contributed by atoms with Gasteiger partial charge in [-0.05, 0) is 56.1 Å². The number of para-hydroxylation sites is 1. The lowest BCUT2D eigenvalue weighted by Crippen LogP contribution is -2.27. The molecular weight excluding hydrogens is 286 g/mol. The summed E-state index contributed by atoms with van der Waals surface area (Å²) in [6.07, 6.45) is 3.28. The maximum Gasteiger partial charge on any atom is 0.337 e. The second-order valence-corrected chi connectivity index (χ2v) is 8.20. The van der Waals surface area contributed by atoms with Crippen molar-refractivity contribution < 1.29 is 9.90 Å². The van der Waals surface area contributed by atoms with Crippen molar-refractivity contribution in [2.24, 2.45) is 11.3 Å². The zero-order valence-electron chi connectivity index (χ0n) is 14.8. The van der Waals surface area contributed by atoms with Crippen molar-refractivity contribution in [2.45, 2.75) is 59.9 Å². The summed E-state index contributed by atoms with van der Waals surface area (Å²) < 4.78 is 2.27. The number of carboxylic acids is 1. The van der Waals surface area contributed by atoms with Crippen molar-refractivity contribution in [1.82, 2.24) is 4.57 Å². The fourth-order valence-corrected chi connectivity index (χ4v) is 4.12. The van der Waals surface area contributed by atoms with Crippen molar-refractivity contribution in [3.8, 4) is 0 Å². The van der Waals surface area contributed by atoms with Crippen LogP contribution in [0.5, 0.6) is 0 Å². The Morgan fingerprint density at radius 1 is 1.30 bits per heavy atom. The highest BCUT2D eigenvalue weighted by atomic mass is 16.4. The average molecular weight is 313 g/mol. The number of hydrogen-bond acceptors (Lipinski definition) is 1. The molecule has 0 spiro atoms. The molecule has 1 aliphatic carbocycles. The predicted octanol–water partition coefficient (Wildman–Crippen LogP) is 5.07. The van der Waals surface area contributed by atoms with Crippen LogP contribution >= 0.6 is 0 Å². The molecule has 0 saturated carbocycles. The molecule has 124 valence electrons. The van der Waals surface area contributed by atoms with Gasteiger partial charge >= 0.3 is 5.97 Å². The average Bonchev–Trinajstić information content (AvgIpc) is 2.79. The van der Waals surface area contributed by atoms with E-state index in [4.69, 9.17) is 0 Å². The molecule has 0 saturated heterocycles. The molecule has 0 amide bonds. The van der Waals surface area contributed by atoms with Gasteiger partial charge in [0.2, 0.25) is 0 Å². The Morgan fingerprint density at radius 2 is 2.00 bits per heavy atom. The zero-order chi connectivity index (χ0) is 16.9. The Labute approximate surface area is 138 Å². The minimum absolute atomic E-state index is 0.271. The number of aromatic carboxylic acids is 1. The van der Waals surface area contributed by atoms with Gasteiger partial charge in [-0.3, -0.25) is 0 Å². The van der Waals surface area contributed by atoms with Crippen molar-refractivity contribution >= 4 is 16.9 Å². The number of aromatic nitrogens is 1. The molecule has 0 fully saturated rings. The maximum atomic E-state index is 11.7. The topological polar surface area (TPSA) is 42.2 Å². The quantitative estimate of drug-likeness (QED) is 0.841. The number of carboxylic acid groups (broad SMARTS) is 1. The Kier molecular flexibility index (Phi) is 3.78. The summed E-state index contributed by atoms with van der Waals surface area (Å²) in [6.45, 7) is 11.2. The number of carbonyl (C=O) groups is 1. The molecule has 1 aromatic carbocycles. The van der Waals surface area contributed by atoms with E-state index in [2.05, 4.69) is 45.3 Å². The van der Waals surface area contributed by atoms with Crippen LogP contribution in [-0.4, -0.2) is 15.6 Å². The molecule has 3 nitrogen and oxygen atoms in total. The molecular formula is C20H27NO2. The van der Waals surface area contributed by atoms with E-state index in [1.165, 1.54) is 17.7 Å². The van der Waals surface area contributed by atoms with Gasteiger partial charge in [-0.25, -0.2) is 4.79 Å². The van der Waals surface area contributed by atoms with Crippen LogP contribution in [0.1, 0.15) is 68.7 Å². The maximum absolute atomic E-state index is 11.7. The molecule has 2 aromatic rings. The van der Waals surface area contributed by atoms with E-state index >= 15 is 0 Å². The highest BCUT2D eigenvalue weighted by Crippen LogP contribution is 2.42. The van der Waals surface area contributed by atoms with Gasteiger partial charge in [-0.1, -0.05) is 32.9 Å². The molecule has 0 aliphatic heterocycles. The van der Waals surface area contributed by atoms with E-state index in [9.17, 15) is 9.90 Å². The Bertz CT molecular complexity index is 762. The fraction of sp³-hybridized carbons (Fsp3) is 0.550. The highest BCUT2D eigenvalue weighted by molar-refractivity contribution is 6.04. The minimum atomic E-state index is -0.834. The van der Waals surface area contributed by atoms with Crippen LogP contribution in [0.25, 0.3) is 10.9 Å². The van der Waals surface area contributed by atoms with Gasteiger partial charge in [0, 0.05) is 17.1 Å². The summed E-state index contributed by atoms with van der Waals surface area (Å²) in [5, 5.41) is 10.8. The monoisotopic (exact) mass is 313 g/mol. The van der Waals surface area contributed by atoms with Crippen molar-refractivity contribution in [1.29, 1.82) is 0 Å². The largest absolute Gasteiger partial charge is 0.478 e. The molecule has 1 unspecified atom stereocenters. The van der Waals surface area contributed by atoms with Crippen LogP contribution in [0, 0.1) is 11.3 Å². The van der Waals surface area contributed by atoms with E-state index in [0.29, 0.717) is 11.5 Å². The van der Waals surface area contributed by atoms with Crippen LogP contribution < -0.4 is 0 Å².